The maximum Gasteiger partial charge on any atom is 0.511 e. The fraction of sp³-hybridized carbons (Fsp3) is 0.647. The normalized spacial score (nSPS) is 17.2. The summed E-state index contributed by atoms with van der Waals surface area (Å²) >= 11 is 0. The van der Waals surface area contributed by atoms with E-state index in [0.717, 1.165) is 5.56 Å². The predicted molar refractivity (Wildman–Crippen MR) is 103 cm³/mol. The smallest absolute Gasteiger partial charge is 0.478 e. The minimum atomic E-state index is -5.28. The van der Waals surface area contributed by atoms with Gasteiger partial charge in [-0.15, -0.1) is 0 Å². The van der Waals surface area contributed by atoms with Gasteiger partial charge in [-0.3, -0.25) is 0 Å². The zero-order valence-electron chi connectivity index (χ0n) is 16.4. The number of guanidine groups is 1. The van der Waals surface area contributed by atoms with E-state index in [1.807, 2.05) is 19.9 Å². The molecule has 1 fully saturated rings. The summed E-state index contributed by atoms with van der Waals surface area (Å²) in [7, 11) is -5.28. The van der Waals surface area contributed by atoms with Gasteiger partial charge >= 0.3 is 15.5 Å². The molecule has 0 radical (unpaired) electrons. The molecule has 1 saturated heterocycles. The quantitative estimate of drug-likeness (QED) is 0.499. The second kappa shape index (κ2) is 10.1. The first-order valence-corrected chi connectivity index (χ1v) is 10.8. The lowest BCUT2D eigenvalue weighted by molar-refractivity contribution is -0.0494. The van der Waals surface area contributed by atoms with Crippen LogP contribution in [0.1, 0.15) is 32.3 Å². The van der Waals surface area contributed by atoms with Crippen molar-refractivity contribution < 1.29 is 26.3 Å². The Hall–Kier alpha value is -2.08. The average molecular weight is 437 g/mol. The van der Waals surface area contributed by atoms with Crippen LogP contribution in [0.4, 0.5) is 13.2 Å². The first-order valence-electron chi connectivity index (χ1n) is 9.37. The van der Waals surface area contributed by atoms with Crippen molar-refractivity contribution in [2.45, 2.75) is 44.8 Å². The van der Waals surface area contributed by atoms with E-state index in [4.69, 9.17) is 4.74 Å². The van der Waals surface area contributed by atoms with Crippen LogP contribution in [0.25, 0.3) is 0 Å². The molecule has 0 saturated carbocycles. The van der Waals surface area contributed by atoms with Crippen LogP contribution in [-0.2, 0) is 16.6 Å². The number of halogens is 3. The molecule has 8 nitrogen and oxygen atoms in total. The molecule has 1 aromatic heterocycles. The molecule has 29 heavy (non-hydrogen) atoms. The van der Waals surface area contributed by atoms with Crippen LogP contribution in [0.2, 0.25) is 0 Å². The van der Waals surface area contributed by atoms with Gasteiger partial charge in [0.25, 0.3) is 0 Å². The number of aliphatic imine (C=N–C) groups is 1. The number of piperidine rings is 1. The van der Waals surface area contributed by atoms with Crippen molar-refractivity contribution in [1.82, 2.24) is 19.9 Å². The van der Waals surface area contributed by atoms with Gasteiger partial charge in [0.1, 0.15) is 0 Å². The number of ether oxygens (including phenoxy) is 1. The monoisotopic (exact) mass is 437 g/mol. The van der Waals surface area contributed by atoms with Gasteiger partial charge in [0.05, 0.1) is 13.2 Å². The van der Waals surface area contributed by atoms with E-state index < -0.39 is 15.5 Å². The van der Waals surface area contributed by atoms with Crippen LogP contribution >= 0.6 is 0 Å². The third kappa shape index (κ3) is 6.20. The zero-order chi connectivity index (χ0) is 21.5. The van der Waals surface area contributed by atoms with E-state index in [-0.39, 0.29) is 32.0 Å². The molecule has 0 bridgehead atoms. The van der Waals surface area contributed by atoms with Crippen molar-refractivity contribution in [3.05, 3.63) is 23.9 Å². The lowest BCUT2D eigenvalue weighted by Crippen LogP contribution is -2.51. The Balaban J connectivity index is 1.99. The van der Waals surface area contributed by atoms with Crippen molar-refractivity contribution in [3.63, 3.8) is 0 Å². The molecular formula is C17H26F3N5O3S. The molecule has 0 unspecified atom stereocenters. The lowest BCUT2D eigenvalue weighted by atomic mass is 10.1. The fourth-order valence-corrected chi connectivity index (χ4v) is 3.86. The fourth-order valence-electron chi connectivity index (χ4n) is 2.88. The molecular weight excluding hydrogens is 411 g/mol. The molecule has 1 aliphatic heterocycles. The molecule has 1 aromatic rings. The van der Waals surface area contributed by atoms with E-state index in [1.165, 1.54) is 0 Å². The number of hydrogen-bond donors (Lipinski definition) is 2. The highest BCUT2D eigenvalue weighted by Crippen LogP contribution is 2.29. The van der Waals surface area contributed by atoms with E-state index in [2.05, 4.69) is 20.6 Å². The van der Waals surface area contributed by atoms with Gasteiger partial charge in [0.15, 0.2) is 5.96 Å². The molecule has 164 valence electrons. The number of pyridine rings is 1. The highest BCUT2D eigenvalue weighted by atomic mass is 32.2. The highest BCUT2D eigenvalue weighted by Gasteiger charge is 2.50. The number of hydrogen-bond acceptors (Lipinski definition) is 5. The van der Waals surface area contributed by atoms with Crippen LogP contribution in [0.3, 0.4) is 0 Å². The molecule has 0 aliphatic carbocycles. The van der Waals surface area contributed by atoms with Crippen LogP contribution in [0, 0.1) is 0 Å². The Morgan fingerprint density at radius 3 is 2.62 bits per heavy atom. The second-order valence-corrected chi connectivity index (χ2v) is 8.29. The van der Waals surface area contributed by atoms with E-state index >= 15 is 0 Å². The van der Waals surface area contributed by atoms with Crippen molar-refractivity contribution >= 4 is 16.0 Å². The topological polar surface area (TPSA) is 95.9 Å². The number of alkyl halides is 3. The molecule has 0 atom stereocenters. The summed E-state index contributed by atoms with van der Waals surface area (Å²) < 4.78 is 67.0. The summed E-state index contributed by atoms with van der Waals surface area (Å²) in [4.78, 5) is 8.66. The lowest BCUT2D eigenvalue weighted by Gasteiger charge is -2.32. The third-order valence-electron chi connectivity index (χ3n) is 4.31. The molecule has 0 spiro atoms. The van der Waals surface area contributed by atoms with Crippen molar-refractivity contribution in [1.29, 1.82) is 0 Å². The number of nitrogens with zero attached hydrogens (tertiary/aromatic N) is 3. The van der Waals surface area contributed by atoms with Crippen molar-refractivity contribution in [2.24, 2.45) is 4.99 Å². The average Bonchev–Trinajstić information content (AvgIpc) is 2.67. The van der Waals surface area contributed by atoms with Gasteiger partial charge in [-0.1, -0.05) is 6.07 Å². The van der Waals surface area contributed by atoms with Gasteiger partial charge < -0.3 is 15.4 Å². The van der Waals surface area contributed by atoms with E-state index in [0.29, 0.717) is 35.8 Å². The maximum absolute atomic E-state index is 12.7. The number of sulfonamides is 1. The Bertz CT molecular complexity index is 794. The predicted octanol–water partition coefficient (Wildman–Crippen LogP) is 1.85. The number of nitrogens with one attached hydrogen (secondary N) is 2. The summed E-state index contributed by atoms with van der Waals surface area (Å²) in [6.45, 7) is 4.74. The Kier molecular flexibility index (Phi) is 8.08. The molecule has 0 amide bonds. The molecule has 2 N–H and O–H groups in total. The van der Waals surface area contributed by atoms with Gasteiger partial charge in [0, 0.05) is 37.4 Å². The maximum atomic E-state index is 12.7. The number of aromatic nitrogens is 1. The summed E-state index contributed by atoms with van der Waals surface area (Å²) in [5, 5.41) is 6.25. The van der Waals surface area contributed by atoms with Gasteiger partial charge in [-0.2, -0.15) is 17.5 Å². The Morgan fingerprint density at radius 2 is 2.03 bits per heavy atom. The van der Waals surface area contributed by atoms with Crippen molar-refractivity contribution in [3.8, 4) is 5.88 Å². The minimum absolute atomic E-state index is 0.187. The minimum Gasteiger partial charge on any atom is -0.478 e. The van der Waals surface area contributed by atoms with Gasteiger partial charge in [0.2, 0.25) is 5.88 Å². The van der Waals surface area contributed by atoms with Gasteiger partial charge in [-0.05, 0) is 32.8 Å². The van der Waals surface area contributed by atoms with Crippen LogP contribution in [-0.4, -0.2) is 61.5 Å². The second-order valence-electron chi connectivity index (χ2n) is 6.36. The van der Waals surface area contributed by atoms with Gasteiger partial charge in [-0.25, -0.2) is 18.4 Å². The third-order valence-corrected chi connectivity index (χ3v) is 5.94. The summed E-state index contributed by atoms with van der Waals surface area (Å²) in [5.41, 5.74) is -4.47. The molecule has 12 heteroatoms. The SMILES string of the molecule is CCNC(=NCc1cccnc1OCC)NC1CCN(S(=O)(=O)C(F)(F)F)CC1. The van der Waals surface area contributed by atoms with E-state index in [9.17, 15) is 21.6 Å². The van der Waals surface area contributed by atoms with Crippen LogP contribution in [0.5, 0.6) is 5.88 Å². The van der Waals surface area contributed by atoms with Crippen LogP contribution < -0.4 is 15.4 Å². The molecule has 2 rings (SSSR count). The number of rotatable bonds is 7. The first kappa shape index (κ1) is 23.2. The zero-order valence-corrected chi connectivity index (χ0v) is 17.2. The molecule has 2 heterocycles. The summed E-state index contributed by atoms with van der Waals surface area (Å²) in [5.74, 6) is 0.996. The summed E-state index contributed by atoms with van der Waals surface area (Å²) in [6, 6.07) is 3.45. The first-order chi connectivity index (χ1) is 13.7. The van der Waals surface area contributed by atoms with Crippen LogP contribution in [0.15, 0.2) is 23.3 Å². The highest BCUT2D eigenvalue weighted by molar-refractivity contribution is 7.90. The molecule has 1 aliphatic rings. The largest absolute Gasteiger partial charge is 0.511 e. The standard InChI is InChI=1S/C17H26F3N5O3S/c1-3-21-16(23-12-13-6-5-9-22-15(13)28-4-2)24-14-7-10-25(11-8-14)29(26,27)17(18,19)20/h5-6,9,14H,3-4,7-8,10-12H2,1-2H3,(H2,21,23,24). The van der Waals surface area contributed by atoms with E-state index in [1.54, 1.807) is 12.3 Å². The molecule has 0 aromatic carbocycles. The Labute approximate surface area is 168 Å². The van der Waals surface area contributed by atoms with Crippen molar-refractivity contribution in [2.75, 3.05) is 26.2 Å². The Morgan fingerprint density at radius 1 is 1.34 bits per heavy atom. The summed E-state index contributed by atoms with van der Waals surface area (Å²) in [6.07, 6.45) is 2.12.